The topological polar surface area (TPSA) is 91.3 Å². The van der Waals surface area contributed by atoms with Crippen LogP contribution in [0.5, 0.6) is 0 Å². The maximum Gasteiger partial charge on any atom is 0.371 e. The second-order valence-corrected chi connectivity index (χ2v) is 4.62. The normalized spacial score (nSPS) is 14.1. The van der Waals surface area contributed by atoms with E-state index in [1.165, 1.54) is 19.1 Å². The molecule has 0 aromatic carbocycles. The van der Waals surface area contributed by atoms with Gasteiger partial charge in [-0.1, -0.05) is 0 Å². The van der Waals surface area contributed by atoms with Gasteiger partial charge in [-0.15, -0.1) is 0 Å². The maximum absolute atomic E-state index is 11.4. The van der Waals surface area contributed by atoms with E-state index in [1.54, 1.807) is 0 Å². The number of nitriles is 1. The highest BCUT2D eigenvalue weighted by molar-refractivity contribution is 7.85. The Balaban J connectivity index is 2.70. The van der Waals surface area contributed by atoms with Crippen LogP contribution in [0, 0.1) is 11.3 Å². The molecule has 5 nitrogen and oxygen atoms in total. The van der Waals surface area contributed by atoms with E-state index in [2.05, 4.69) is 0 Å². The average molecular weight is 227 g/mol. The van der Waals surface area contributed by atoms with Crippen molar-refractivity contribution in [2.24, 2.45) is 0 Å². The minimum atomic E-state index is -1.36. The smallest absolute Gasteiger partial charge is 0.371 e. The molecule has 0 bridgehead atoms. The van der Waals surface area contributed by atoms with Crippen LogP contribution in [0.1, 0.15) is 23.2 Å². The van der Waals surface area contributed by atoms with Gasteiger partial charge in [-0.05, 0) is 19.1 Å². The number of hydrogen-bond donors (Lipinski definition) is 1. The van der Waals surface area contributed by atoms with Crippen LogP contribution in [0.15, 0.2) is 16.5 Å². The molecule has 0 spiro atoms. The van der Waals surface area contributed by atoms with Crippen molar-refractivity contribution in [3.63, 3.8) is 0 Å². The predicted octanol–water partition coefficient (Wildman–Crippen LogP) is 1.14. The van der Waals surface area contributed by atoms with E-state index < -0.39 is 22.0 Å². The molecular weight excluding hydrogens is 218 g/mol. The first-order chi connectivity index (χ1) is 7.04. The quantitative estimate of drug-likeness (QED) is 0.832. The van der Waals surface area contributed by atoms with Gasteiger partial charge in [-0.3, -0.25) is 4.21 Å². The van der Waals surface area contributed by atoms with Gasteiger partial charge >= 0.3 is 5.97 Å². The van der Waals surface area contributed by atoms with E-state index in [-0.39, 0.29) is 11.5 Å². The number of nitrogens with zero attached hydrogens (tertiary/aromatic N) is 1. The van der Waals surface area contributed by atoms with Crippen molar-refractivity contribution >= 4 is 16.8 Å². The molecule has 0 amide bonds. The van der Waals surface area contributed by atoms with Gasteiger partial charge in [0.25, 0.3) is 0 Å². The Kier molecular flexibility index (Phi) is 3.63. The number of carboxylic acids is 1. The van der Waals surface area contributed by atoms with Crippen molar-refractivity contribution in [2.75, 3.05) is 0 Å². The lowest BCUT2D eigenvalue weighted by Gasteiger charge is -1.99. The minimum Gasteiger partial charge on any atom is -0.475 e. The highest BCUT2D eigenvalue weighted by Gasteiger charge is 2.14. The molecule has 0 fully saturated rings. The summed E-state index contributed by atoms with van der Waals surface area (Å²) in [5, 5.41) is 16.5. The molecule has 0 aliphatic heterocycles. The molecule has 80 valence electrons. The van der Waals surface area contributed by atoms with Gasteiger partial charge in [0, 0.05) is 10.8 Å². The number of aromatic carboxylic acids is 1. The summed E-state index contributed by atoms with van der Waals surface area (Å²) in [5.74, 6) is -0.984. The molecule has 0 radical (unpaired) electrons. The van der Waals surface area contributed by atoms with Gasteiger partial charge < -0.3 is 9.52 Å². The zero-order valence-corrected chi connectivity index (χ0v) is 8.78. The first-order valence-electron chi connectivity index (χ1n) is 4.13. The molecule has 1 aromatic rings. The Bertz CT molecular complexity index is 432. The van der Waals surface area contributed by atoms with Crippen molar-refractivity contribution in [1.82, 2.24) is 0 Å². The lowest BCUT2D eigenvalue weighted by molar-refractivity contribution is 0.0661. The fourth-order valence-corrected chi connectivity index (χ4v) is 1.70. The van der Waals surface area contributed by atoms with E-state index in [4.69, 9.17) is 14.8 Å². The number of carbonyl (C=O) groups is 1. The summed E-state index contributed by atoms with van der Waals surface area (Å²) in [5.41, 5.74) is 0. The molecule has 0 aliphatic rings. The summed E-state index contributed by atoms with van der Waals surface area (Å²) in [4.78, 5) is 10.5. The Hall–Kier alpha value is -1.61. The minimum absolute atomic E-state index is 0.0575. The lowest BCUT2D eigenvalue weighted by atomic mass is 10.4. The van der Waals surface area contributed by atoms with Gasteiger partial charge in [0.2, 0.25) is 5.76 Å². The van der Waals surface area contributed by atoms with Crippen molar-refractivity contribution in [2.45, 2.75) is 17.9 Å². The van der Waals surface area contributed by atoms with Crippen molar-refractivity contribution in [3.05, 3.63) is 23.7 Å². The SMILES string of the molecule is CC(C#N)S(=O)Cc1ccc(C(=O)O)o1. The molecule has 0 aliphatic carbocycles. The van der Waals surface area contributed by atoms with Gasteiger partial charge in [-0.2, -0.15) is 5.26 Å². The maximum atomic E-state index is 11.4. The second-order valence-electron chi connectivity index (χ2n) is 2.87. The van der Waals surface area contributed by atoms with Crippen LogP contribution in [-0.4, -0.2) is 20.5 Å². The third kappa shape index (κ3) is 2.92. The number of carboxylic acid groups (broad SMARTS) is 1. The number of furan rings is 1. The Labute approximate surface area is 88.8 Å². The van der Waals surface area contributed by atoms with Crippen molar-refractivity contribution in [1.29, 1.82) is 5.26 Å². The summed E-state index contributed by atoms with van der Waals surface area (Å²) in [6.07, 6.45) is 0. The summed E-state index contributed by atoms with van der Waals surface area (Å²) in [6, 6.07) is 4.60. The third-order valence-electron chi connectivity index (χ3n) is 1.73. The highest BCUT2D eigenvalue weighted by Crippen LogP contribution is 2.11. The van der Waals surface area contributed by atoms with E-state index in [0.29, 0.717) is 5.76 Å². The fraction of sp³-hybridized carbons (Fsp3) is 0.333. The van der Waals surface area contributed by atoms with E-state index >= 15 is 0 Å². The van der Waals surface area contributed by atoms with Crippen molar-refractivity contribution < 1.29 is 18.5 Å². The molecule has 1 aromatic heterocycles. The predicted molar refractivity (Wildman–Crippen MR) is 52.6 cm³/mol. The zero-order valence-electron chi connectivity index (χ0n) is 7.97. The largest absolute Gasteiger partial charge is 0.475 e. The molecule has 0 saturated heterocycles. The van der Waals surface area contributed by atoms with Crippen molar-refractivity contribution in [3.8, 4) is 6.07 Å². The van der Waals surface area contributed by atoms with Crippen LogP contribution in [0.2, 0.25) is 0 Å². The van der Waals surface area contributed by atoms with Gasteiger partial charge in [-0.25, -0.2) is 4.79 Å². The molecule has 15 heavy (non-hydrogen) atoms. The fourth-order valence-electron chi connectivity index (χ4n) is 0.894. The molecule has 6 heteroatoms. The standard InChI is InChI=1S/C9H9NO4S/c1-6(4-10)15(13)5-7-2-3-8(14-7)9(11)12/h2-3,6H,5H2,1H3,(H,11,12). The van der Waals surface area contributed by atoms with Crippen LogP contribution in [0.25, 0.3) is 0 Å². The van der Waals surface area contributed by atoms with Gasteiger partial charge in [0.05, 0.1) is 11.8 Å². The summed E-state index contributed by atoms with van der Waals surface area (Å²) in [6.45, 7) is 1.54. The molecule has 1 heterocycles. The third-order valence-corrected chi connectivity index (χ3v) is 3.20. The zero-order chi connectivity index (χ0) is 11.4. The molecule has 2 unspecified atom stereocenters. The van der Waals surface area contributed by atoms with Crippen LogP contribution in [-0.2, 0) is 16.6 Å². The summed E-state index contributed by atoms with van der Waals surface area (Å²) >= 11 is 0. The van der Waals surface area contributed by atoms with Crippen LogP contribution in [0.3, 0.4) is 0 Å². The van der Waals surface area contributed by atoms with E-state index in [1.807, 2.05) is 6.07 Å². The van der Waals surface area contributed by atoms with E-state index in [0.717, 1.165) is 0 Å². The average Bonchev–Trinajstić information content (AvgIpc) is 2.65. The number of hydrogen-bond acceptors (Lipinski definition) is 4. The molecule has 1 rings (SSSR count). The molecule has 0 saturated carbocycles. The molecular formula is C9H9NO4S. The van der Waals surface area contributed by atoms with Gasteiger partial charge in [0.15, 0.2) is 0 Å². The summed E-state index contributed by atoms with van der Waals surface area (Å²) < 4.78 is 16.3. The number of rotatable bonds is 4. The molecule has 2 atom stereocenters. The lowest BCUT2D eigenvalue weighted by Crippen LogP contribution is -2.09. The van der Waals surface area contributed by atoms with Crippen LogP contribution >= 0.6 is 0 Å². The Morgan fingerprint density at radius 2 is 2.40 bits per heavy atom. The highest BCUT2D eigenvalue weighted by atomic mass is 32.2. The monoisotopic (exact) mass is 227 g/mol. The van der Waals surface area contributed by atoms with Crippen LogP contribution < -0.4 is 0 Å². The first kappa shape index (κ1) is 11.5. The van der Waals surface area contributed by atoms with E-state index in [9.17, 15) is 9.00 Å². The van der Waals surface area contributed by atoms with Crippen LogP contribution in [0.4, 0.5) is 0 Å². The first-order valence-corrected chi connectivity index (χ1v) is 5.51. The van der Waals surface area contributed by atoms with Gasteiger partial charge in [0.1, 0.15) is 11.0 Å². The molecule has 1 N–H and O–H groups in total. The Morgan fingerprint density at radius 3 is 2.87 bits per heavy atom. The summed E-state index contributed by atoms with van der Waals surface area (Å²) in [7, 11) is -1.36. The Morgan fingerprint density at radius 1 is 1.73 bits per heavy atom. The second kappa shape index (κ2) is 4.75.